The van der Waals surface area contributed by atoms with Gasteiger partial charge in [0.15, 0.2) is 0 Å². The zero-order valence-electron chi connectivity index (χ0n) is 12.7. The first kappa shape index (κ1) is 15.5. The van der Waals surface area contributed by atoms with Crippen LogP contribution in [-0.2, 0) is 0 Å². The Hall–Kier alpha value is -1.84. The van der Waals surface area contributed by atoms with Crippen LogP contribution in [-0.4, -0.2) is 24.4 Å². The molecular weight excluding hydrogens is 264 g/mol. The molecule has 2 amide bonds. The molecular formula is C17H24N2O2. The maximum absolute atomic E-state index is 12.3. The number of hydrogen-bond acceptors (Lipinski definition) is 2. The van der Waals surface area contributed by atoms with Crippen LogP contribution in [0.3, 0.4) is 0 Å². The highest BCUT2D eigenvalue weighted by molar-refractivity contribution is 5.99. The van der Waals surface area contributed by atoms with E-state index in [4.69, 9.17) is 0 Å². The lowest BCUT2D eigenvalue weighted by atomic mass is 9.95. The summed E-state index contributed by atoms with van der Waals surface area (Å²) in [6, 6.07) is 7.21. The fourth-order valence-corrected chi connectivity index (χ4v) is 2.66. The highest BCUT2D eigenvalue weighted by Crippen LogP contribution is 2.18. The van der Waals surface area contributed by atoms with Crippen LogP contribution in [0.2, 0.25) is 0 Å². The average molecular weight is 288 g/mol. The fraction of sp³-hybridized carbons (Fsp3) is 0.529. The zero-order chi connectivity index (χ0) is 15.1. The minimum Gasteiger partial charge on any atom is -0.352 e. The second-order valence-electron chi connectivity index (χ2n) is 5.65. The number of rotatable bonds is 5. The summed E-state index contributed by atoms with van der Waals surface area (Å²) in [6.07, 6.45) is 6.65. The summed E-state index contributed by atoms with van der Waals surface area (Å²) in [5.74, 6) is -0.198. The molecule has 1 saturated carbocycles. The van der Waals surface area contributed by atoms with Gasteiger partial charge in [0, 0.05) is 23.7 Å². The summed E-state index contributed by atoms with van der Waals surface area (Å²) in [5.41, 5.74) is 1.10. The molecule has 0 atom stereocenters. The number of carbonyl (C=O) groups excluding carboxylic acids is 2. The Morgan fingerprint density at radius 1 is 1.10 bits per heavy atom. The van der Waals surface area contributed by atoms with E-state index < -0.39 is 0 Å². The van der Waals surface area contributed by atoms with Gasteiger partial charge in [0.25, 0.3) is 11.8 Å². The van der Waals surface area contributed by atoms with Gasteiger partial charge in [0.2, 0.25) is 0 Å². The smallest absolute Gasteiger partial charge is 0.251 e. The molecule has 2 N–H and O–H groups in total. The number of amides is 2. The maximum atomic E-state index is 12.3. The van der Waals surface area contributed by atoms with E-state index in [0.29, 0.717) is 17.7 Å². The van der Waals surface area contributed by atoms with Crippen LogP contribution in [0.25, 0.3) is 0 Å². The van der Waals surface area contributed by atoms with Gasteiger partial charge in [-0.25, -0.2) is 0 Å². The van der Waals surface area contributed by atoms with E-state index in [1.54, 1.807) is 24.3 Å². The second-order valence-corrected chi connectivity index (χ2v) is 5.65. The van der Waals surface area contributed by atoms with Crippen LogP contribution >= 0.6 is 0 Å². The molecule has 4 nitrogen and oxygen atoms in total. The lowest BCUT2D eigenvalue weighted by molar-refractivity contribution is 0.0927. The SMILES string of the molecule is CCCNC(=O)c1cccc(C(=O)NC2CCCCC2)c1. The molecule has 0 saturated heterocycles. The van der Waals surface area contributed by atoms with E-state index in [2.05, 4.69) is 10.6 Å². The van der Waals surface area contributed by atoms with E-state index in [1.807, 2.05) is 6.92 Å². The largest absolute Gasteiger partial charge is 0.352 e. The highest BCUT2D eigenvalue weighted by atomic mass is 16.2. The summed E-state index contributed by atoms with van der Waals surface area (Å²) < 4.78 is 0. The lowest BCUT2D eigenvalue weighted by Crippen LogP contribution is -2.36. The Kier molecular flexibility index (Phi) is 5.78. The van der Waals surface area contributed by atoms with Crippen LogP contribution in [0.15, 0.2) is 24.3 Å². The Morgan fingerprint density at radius 2 is 1.76 bits per heavy atom. The Morgan fingerprint density at radius 3 is 2.43 bits per heavy atom. The number of hydrogen-bond donors (Lipinski definition) is 2. The van der Waals surface area contributed by atoms with Crippen LogP contribution in [0.4, 0.5) is 0 Å². The predicted octanol–water partition coefficient (Wildman–Crippen LogP) is 2.89. The molecule has 0 bridgehead atoms. The summed E-state index contributed by atoms with van der Waals surface area (Å²) >= 11 is 0. The standard InChI is InChI=1S/C17H24N2O2/c1-2-11-18-16(20)13-7-6-8-14(12-13)17(21)19-15-9-4-3-5-10-15/h6-8,12,15H,2-5,9-11H2,1H3,(H,18,20)(H,19,21). The van der Waals surface area contributed by atoms with Gasteiger partial charge in [-0.05, 0) is 37.5 Å². The molecule has 4 heteroatoms. The molecule has 1 aromatic rings. The molecule has 21 heavy (non-hydrogen) atoms. The van der Waals surface area contributed by atoms with Crippen LogP contribution in [0, 0.1) is 0 Å². The highest BCUT2D eigenvalue weighted by Gasteiger charge is 2.17. The van der Waals surface area contributed by atoms with Crippen molar-refractivity contribution in [1.29, 1.82) is 0 Å². The summed E-state index contributed by atoms with van der Waals surface area (Å²) in [6.45, 7) is 2.66. The van der Waals surface area contributed by atoms with Crippen LogP contribution in [0.5, 0.6) is 0 Å². The Balaban J connectivity index is 1.98. The van der Waals surface area contributed by atoms with Gasteiger partial charge in [-0.15, -0.1) is 0 Å². The molecule has 0 aromatic heterocycles. The summed E-state index contributed by atoms with van der Waals surface area (Å²) in [4.78, 5) is 24.2. The normalized spacial score (nSPS) is 15.5. The molecule has 0 radical (unpaired) electrons. The van der Waals surface area contributed by atoms with Crippen molar-refractivity contribution in [2.24, 2.45) is 0 Å². The summed E-state index contributed by atoms with van der Waals surface area (Å²) in [5, 5.41) is 5.90. The Bertz CT molecular complexity index is 493. The first-order valence-electron chi connectivity index (χ1n) is 7.90. The van der Waals surface area contributed by atoms with Gasteiger partial charge < -0.3 is 10.6 Å². The van der Waals surface area contributed by atoms with Gasteiger partial charge in [-0.2, -0.15) is 0 Å². The molecule has 2 rings (SSSR count). The van der Waals surface area contributed by atoms with Gasteiger partial charge in [0.05, 0.1) is 0 Å². The third-order valence-electron chi connectivity index (χ3n) is 3.86. The molecule has 0 unspecified atom stereocenters. The monoisotopic (exact) mass is 288 g/mol. The number of carbonyl (C=O) groups is 2. The molecule has 1 aliphatic carbocycles. The van der Waals surface area contributed by atoms with Gasteiger partial charge in [0.1, 0.15) is 0 Å². The number of nitrogens with one attached hydrogen (secondary N) is 2. The van der Waals surface area contributed by atoms with E-state index in [-0.39, 0.29) is 17.9 Å². The van der Waals surface area contributed by atoms with Crippen molar-refractivity contribution in [2.45, 2.75) is 51.5 Å². The molecule has 0 spiro atoms. The van der Waals surface area contributed by atoms with Crippen LogP contribution < -0.4 is 10.6 Å². The molecule has 0 heterocycles. The second kappa shape index (κ2) is 7.81. The van der Waals surface area contributed by atoms with Gasteiger partial charge in [-0.1, -0.05) is 32.3 Å². The number of benzene rings is 1. The van der Waals surface area contributed by atoms with Gasteiger partial charge in [-0.3, -0.25) is 9.59 Å². The third kappa shape index (κ3) is 4.59. The minimum absolute atomic E-state index is 0.0768. The van der Waals surface area contributed by atoms with Crippen molar-refractivity contribution < 1.29 is 9.59 Å². The molecule has 0 aliphatic heterocycles. The van der Waals surface area contributed by atoms with Crippen molar-refractivity contribution in [3.63, 3.8) is 0 Å². The topological polar surface area (TPSA) is 58.2 Å². The predicted molar refractivity (Wildman–Crippen MR) is 83.4 cm³/mol. The van der Waals surface area contributed by atoms with E-state index in [1.165, 1.54) is 19.3 Å². The van der Waals surface area contributed by atoms with Crippen molar-refractivity contribution in [1.82, 2.24) is 10.6 Å². The minimum atomic E-state index is -0.121. The van der Waals surface area contributed by atoms with Crippen molar-refractivity contribution in [3.05, 3.63) is 35.4 Å². The molecule has 114 valence electrons. The lowest BCUT2D eigenvalue weighted by Gasteiger charge is -2.22. The fourth-order valence-electron chi connectivity index (χ4n) is 2.66. The summed E-state index contributed by atoms with van der Waals surface area (Å²) in [7, 11) is 0. The van der Waals surface area contributed by atoms with Gasteiger partial charge >= 0.3 is 0 Å². The quantitative estimate of drug-likeness (QED) is 0.875. The van der Waals surface area contributed by atoms with Crippen molar-refractivity contribution in [2.75, 3.05) is 6.54 Å². The first-order chi connectivity index (χ1) is 10.2. The molecule has 1 fully saturated rings. The van der Waals surface area contributed by atoms with E-state index in [9.17, 15) is 9.59 Å². The van der Waals surface area contributed by atoms with Crippen LogP contribution in [0.1, 0.15) is 66.2 Å². The van der Waals surface area contributed by atoms with E-state index in [0.717, 1.165) is 19.3 Å². The molecule has 1 aromatic carbocycles. The average Bonchev–Trinajstić information content (AvgIpc) is 2.53. The third-order valence-corrected chi connectivity index (χ3v) is 3.86. The van der Waals surface area contributed by atoms with Crippen molar-refractivity contribution >= 4 is 11.8 Å². The Labute approximate surface area is 126 Å². The molecule has 1 aliphatic rings. The van der Waals surface area contributed by atoms with E-state index >= 15 is 0 Å². The van der Waals surface area contributed by atoms with Crippen molar-refractivity contribution in [3.8, 4) is 0 Å². The first-order valence-corrected chi connectivity index (χ1v) is 7.90. The maximum Gasteiger partial charge on any atom is 0.251 e. The zero-order valence-corrected chi connectivity index (χ0v) is 12.7.